The van der Waals surface area contributed by atoms with Gasteiger partial charge in [-0.05, 0) is 63.2 Å². The van der Waals surface area contributed by atoms with E-state index in [4.69, 9.17) is 0 Å². The highest BCUT2D eigenvalue weighted by Gasteiger charge is 2.22. The summed E-state index contributed by atoms with van der Waals surface area (Å²) in [5.41, 5.74) is 3.13. The predicted molar refractivity (Wildman–Crippen MR) is 89.8 cm³/mol. The summed E-state index contributed by atoms with van der Waals surface area (Å²) < 4.78 is 22.7. The minimum atomic E-state index is -2.54. The minimum absolute atomic E-state index is 0.582. The SMILES string of the molecule is CN[C@@H](c1ccc2[nH]cc(C[C@H]3CCCN3C)c2c1)[SH](=O)=O. The highest BCUT2D eigenvalue weighted by molar-refractivity contribution is 7.72. The molecule has 1 aromatic carbocycles. The van der Waals surface area contributed by atoms with Crippen molar-refractivity contribution in [2.75, 3.05) is 20.6 Å². The first-order valence-electron chi connectivity index (χ1n) is 7.71. The number of likely N-dealkylation sites (tertiary alicyclic amines) is 1. The maximum Gasteiger partial charge on any atom is 0.160 e. The number of benzene rings is 1. The molecular weight excluding hydrogens is 298 g/mol. The molecule has 2 atom stereocenters. The van der Waals surface area contributed by atoms with Crippen molar-refractivity contribution < 1.29 is 8.42 Å². The summed E-state index contributed by atoms with van der Waals surface area (Å²) >= 11 is 0. The fourth-order valence-electron chi connectivity index (χ4n) is 3.42. The number of nitrogens with one attached hydrogen (secondary N) is 2. The van der Waals surface area contributed by atoms with Crippen LogP contribution in [-0.2, 0) is 17.1 Å². The molecular formula is C16H23N3O2S. The van der Waals surface area contributed by atoms with Crippen LogP contribution in [0.1, 0.15) is 29.3 Å². The summed E-state index contributed by atoms with van der Waals surface area (Å²) in [7, 11) is 1.31. The van der Waals surface area contributed by atoms with Crippen LogP contribution in [0.15, 0.2) is 24.4 Å². The Bertz CT molecular complexity index is 730. The zero-order valence-corrected chi connectivity index (χ0v) is 13.9. The Labute approximate surface area is 132 Å². The molecule has 1 aliphatic heterocycles. The lowest BCUT2D eigenvalue weighted by Gasteiger charge is -2.19. The second-order valence-corrected chi connectivity index (χ2v) is 7.16. The lowest BCUT2D eigenvalue weighted by atomic mass is 10.0. The first kappa shape index (κ1) is 15.5. The molecule has 22 heavy (non-hydrogen) atoms. The second kappa shape index (κ2) is 6.40. The van der Waals surface area contributed by atoms with E-state index in [1.807, 2.05) is 18.2 Å². The van der Waals surface area contributed by atoms with Gasteiger partial charge in [-0.15, -0.1) is 0 Å². The van der Waals surface area contributed by atoms with Crippen LogP contribution in [0.2, 0.25) is 0 Å². The number of hydrogen-bond acceptors (Lipinski definition) is 4. The average Bonchev–Trinajstić information content (AvgIpc) is 3.07. The van der Waals surface area contributed by atoms with Crippen LogP contribution in [0, 0.1) is 0 Å². The summed E-state index contributed by atoms with van der Waals surface area (Å²) in [5.74, 6) is 0. The van der Waals surface area contributed by atoms with Gasteiger partial charge in [0.2, 0.25) is 0 Å². The van der Waals surface area contributed by atoms with Crippen molar-refractivity contribution in [2.24, 2.45) is 0 Å². The first-order chi connectivity index (χ1) is 10.6. The van der Waals surface area contributed by atoms with E-state index in [0.29, 0.717) is 6.04 Å². The van der Waals surface area contributed by atoms with Crippen LogP contribution in [-0.4, -0.2) is 45.0 Å². The molecule has 2 aromatic rings. The quantitative estimate of drug-likeness (QED) is 0.733. The van der Waals surface area contributed by atoms with Gasteiger partial charge in [-0.25, -0.2) is 8.42 Å². The summed E-state index contributed by atoms with van der Waals surface area (Å²) in [4.78, 5) is 5.71. The summed E-state index contributed by atoms with van der Waals surface area (Å²) in [6.07, 6.45) is 5.56. The molecule has 5 nitrogen and oxygen atoms in total. The van der Waals surface area contributed by atoms with Crippen molar-refractivity contribution in [1.82, 2.24) is 15.2 Å². The first-order valence-corrected chi connectivity index (χ1v) is 8.95. The Kier molecular flexibility index (Phi) is 4.52. The Morgan fingerprint density at radius 1 is 1.45 bits per heavy atom. The van der Waals surface area contributed by atoms with E-state index in [9.17, 15) is 8.42 Å². The van der Waals surface area contributed by atoms with E-state index in [-0.39, 0.29) is 0 Å². The third-order valence-corrected chi connectivity index (χ3v) is 5.70. The third kappa shape index (κ3) is 2.91. The van der Waals surface area contributed by atoms with Crippen LogP contribution in [0.4, 0.5) is 0 Å². The molecule has 0 bridgehead atoms. The fraction of sp³-hybridized carbons (Fsp3) is 0.500. The molecule has 0 aliphatic carbocycles. The normalized spacial score (nSPS) is 21.0. The summed E-state index contributed by atoms with van der Waals surface area (Å²) in [5, 5.41) is 3.37. The molecule has 0 unspecified atom stereocenters. The molecule has 0 saturated carbocycles. The zero-order valence-electron chi connectivity index (χ0n) is 13.0. The molecule has 1 saturated heterocycles. The Morgan fingerprint density at radius 2 is 2.27 bits per heavy atom. The average molecular weight is 321 g/mol. The van der Waals surface area contributed by atoms with Crippen molar-refractivity contribution in [3.63, 3.8) is 0 Å². The molecule has 0 radical (unpaired) electrons. The van der Waals surface area contributed by atoms with Crippen molar-refractivity contribution in [2.45, 2.75) is 30.7 Å². The molecule has 1 aliphatic rings. The van der Waals surface area contributed by atoms with E-state index in [1.165, 1.54) is 18.4 Å². The molecule has 0 spiro atoms. The number of nitrogens with zero attached hydrogens (tertiary/aromatic N) is 1. The Balaban J connectivity index is 1.94. The van der Waals surface area contributed by atoms with Crippen LogP contribution < -0.4 is 5.32 Å². The van der Waals surface area contributed by atoms with Gasteiger partial charge in [0.1, 0.15) is 5.37 Å². The number of likely N-dealkylation sites (N-methyl/N-ethyl adjacent to an activating group) is 1. The number of aromatic nitrogens is 1. The lowest BCUT2D eigenvalue weighted by molar-refractivity contribution is 0.310. The minimum Gasteiger partial charge on any atom is -0.361 e. The van der Waals surface area contributed by atoms with Crippen molar-refractivity contribution in [3.05, 3.63) is 35.5 Å². The van der Waals surface area contributed by atoms with E-state index in [2.05, 4.69) is 28.4 Å². The van der Waals surface area contributed by atoms with Gasteiger partial charge >= 0.3 is 0 Å². The molecule has 1 aromatic heterocycles. The third-order valence-electron chi connectivity index (χ3n) is 4.72. The van der Waals surface area contributed by atoms with Crippen LogP contribution in [0.3, 0.4) is 0 Å². The van der Waals surface area contributed by atoms with Crippen molar-refractivity contribution in [1.29, 1.82) is 0 Å². The van der Waals surface area contributed by atoms with Gasteiger partial charge in [0.25, 0.3) is 0 Å². The topological polar surface area (TPSA) is 65.2 Å². The van der Waals surface area contributed by atoms with Crippen LogP contribution >= 0.6 is 0 Å². The highest BCUT2D eigenvalue weighted by atomic mass is 32.2. The zero-order chi connectivity index (χ0) is 15.7. The Hall–Kier alpha value is -1.37. The van der Waals surface area contributed by atoms with Crippen LogP contribution in [0.5, 0.6) is 0 Å². The van der Waals surface area contributed by atoms with Gasteiger partial charge in [0.05, 0.1) is 0 Å². The number of rotatable bonds is 5. The Morgan fingerprint density at radius 3 is 2.91 bits per heavy atom. The van der Waals surface area contributed by atoms with Gasteiger partial charge in [-0.2, -0.15) is 0 Å². The molecule has 6 heteroatoms. The largest absolute Gasteiger partial charge is 0.361 e. The van der Waals surface area contributed by atoms with Gasteiger partial charge in [-0.3, -0.25) is 0 Å². The second-order valence-electron chi connectivity index (χ2n) is 6.08. The number of fused-ring (bicyclic) bond motifs is 1. The maximum absolute atomic E-state index is 11.4. The molecule has 2 heterocycles. The number of thiol groups is 1. The van der Waals surface area contributed by atoms with Gasteiger partial charge in [-0.1, -0.05) is 6.07 Å². The molecule has 3 rings (SSSR count). The van der Waals surface area contributed by atoms with E-state index in [0.717, 1.165) is 29.4 Å². The van der Waals surface area contributed by atoms with E-state index < -0.39 is 16.1 Å². The number of H-pyrrole nitrogens is 1. The van der Waals surface area contributed by atoms with E-state index in [1.54, 1.807) is 7.05 Å². The van der Waals surface area contributed by atoms with E-state index >= 15 is 0 Å². The van der Waals surface area contributed by atoms with Crippen LogP contribution in [0.25, 0.3) is 10.9 Å². The van der Waals surface area contributed by atoms with Crippen molar-refractivity contribution in [3.8, 4) is 0 Å². The van der Waals surface area contributed by atoms with Gasteiger partial charge in [0, 0.05) is 23.1 Å². The summed E-state index contributed by atoms with van der Waals surface area (Å²) in [6, 6.07) is 6.42. The molecule has 1 fully saturated rings. The standard InChI is InChI=1S/C16H23N3O2S/c1-17-16(22(20)21)11-5-6-15-14(9-11)12(10-18-15)8-13-4-3-7-19(13)2/h5-6,9-10,13,16-18,22H,3-4,7-8H2,1-2H3/t13-,16-/m1/s1. The highest BCUT2D eigenvalue weighted by Crippen LogP contribution is 2.27. The monoisotopic (exact) mass is 321 g/mol. The molecule has 120 valence electrons. The van der Waals surface area contributed by atoms with Crippen molar-refractivity contribution >= 4 is 21.6 Å². The lowest BCUT2D eigenvalue weighted by Crippen LogP contribution is -2.26. The maximum atomic E-state index is 11.4. The summed E-state index contributed by atoms with van der Waals surface area (Å²) in [6.45, 7) is 1.16. The smallest absolute Gasteiger partial charge is 0.160 e. The molecule has 0 amide bonds. The van der Waals surface area contributed by atoms with Gasteiger partial charge < -0.3 is 15.2 Å². The number of hydrogen-bond donors (Lipinski definition) is 3. The molecule has 2 N–H and O–H groups in total. The fourth-order valence-corrected chi connectivity index (χ4v) is 4.03. The predicted octanol–water partition coefficient (Wildman–Crippen LogP) is 1.63. The van der Waals surface area contributed by atoms with Gasteiger partial charge in [0.15, 0.2) is 10.7 Å². The number of aromatic amines is 1.